The number of hydrogen-bond acceptors (Lipinski definition) is 3. The Kier molecular flexibility index (Phi) is 2.70. The Labute approximate surface area is 71.2 Å². The first kappa shape index (κ1) is 9.06. The minimum absolute atomic E-state index is 0.0177. The van der Waals surface area contributed by atoms with E-state index in [2.05, 4.69) is 16.6 Å². The van der Waals surface area contributed by atoms with Crippen LogP contribution < -0.4 is 5.32 Å². The summed E-state index contributed by atoms with van der Waals surface area (Å²) in [6.07, 6.45) is 2.67. The summed E-state index contributed by atoms with van der Waals surface area (Å²) < 4.78 is 4.69. The van der Waals surface area contributed by atoms with Crippen LogP contribution in [0.1, 0.15) is 12.8 Å². The quantitative estimate of drug-likeness (QED) is 0.603. The third kappa shape index (κ3) is 2.23. The lowest BCUT2D eigenvalue weighted by Crippen LogP contribution is -2.39. The Bertz CT molecular complexity index is 187. The van der Waals surface area contributed by atoms with E-state index in [4.69, 9.17) is 5.11 Å². The van der Waals surface area contributed by atoms with Gasteiger partial charge in [0.05, 0.1) is 12.1 Å². The van der Waals surface area contributed by atoms with E-state index in [1.54, 1.807) is 0 Å². The number of hydrogen-bond donors (Lipinski definition) is 2. The van der Waals surface area contributed by atoms with E-state index in [1.807, 2.05) is 0 Å². The molecule has 0 saturated heterocycles. The second-order valence-electron chi connectivity index (χ2n) is 2.95. The first-order valence-corrected chi connectivity index (χ1v) is 3.89. The fraction of sp³-hybridized carbons (Fsp3) is 0.625. The first-order valence-electron chi connectivity index (χ1n) is 3.89. The van der Waals surface area contributed by atoms with Crippen molar-refractivity contribution in [2.75, 3.05) is 13.2 Å². The molecule has 0 aromatic carbocycles. The van der Waals surface area contributed by atoms with Gasteiger partial charge in [0.25, 0.3) is 0 Å². The molecule has 0 unspecified atom stereocenters. The van der Waals surface area contributed by atoms with Gasteiger partial charge in [-0.05, 0) is 12.8 Å². The molecule has 12 heavy (non-hydrogen) atoms. The van der Waals surface area contributed by atoms with E-state index in [-0.39, 0.29) is 13.2 Å². The van der Waals surface area contributed by atoms with Crippen LogP contribution in [0.3, 0.4) is 0 Å². The topological polar surface area (TPSA) is 58.6 Å². The number of amides is 1. The van der Waals surface area contributed by atoms with Gasteiger partial charge in [-0.3, -0.25) is 0 Å². The van der Waals surface area contributed by atoms with Crippen molar-refractivity contribution in [1.29, 1.82) is 0 Å². The van der Waals surface area contributed by atoms with Crippen LogP contribution in [0.5, 0.6) is 0 Å². The van der Waals surface area contributed by atoms with Gasteiger partial charge in [-0.2, -0.15) is 0 Å². The Morgan fingerprint density at radius 2 is 2.42 bits per heavy atom. The minimum atomic E-state index is -0.485. The second kappa shape index (κ2) is 3.58. The molecule has 0 bridgehead atoms. The van der Waals surface area contributed by atoms with Crippen molar-refractivity contribution in [2.24, 2.45) is 0 Å². The lowest BCUT2D eigenvalue weighted by Gasteiger charge is -2.13. The van der Waals surface area contributed by atoms with Crippen molar-refractivity contribution in [3.63, 3.8) is 0 Å². The zero-order valence-electron chi connectivity index (χ0n) is 6.88. The molecule has 4 heteroatoms. The van der Waals surface area contributed by atoms with Crippen molar-refractivity contribution in [2.45, 2.75) is 18.4 Å². The normalized spacial score (nSPS) is 18.1. The van der Waals surface area contributed by atoms with E-state index in [1.165, 1.54) is 6.08 Å². The van der Waals surface area contributed by atoms with Gasteiger partial charge in [-0.1, -0.05) is 12.7 Å². The predicted octanol–water partition coefficient (Wildman–Crippen LogP) is 0.423. The Morgan fingerprint density at radius 1 is 1.75 bits per heavy atom. The van der Waals surface area contributed by atoms with Gasteiger partial charge < -0.3 is 15.2 Å². The number of carbonyl (C=O) groups is 1. The largest absolute Gasteiger partial charge is 0.445 e. The Balaban J connectivity index is 2.21. The molecule has 0 heterocycles. The molecule has 1 aliphatic rings. The van der Waals surface area contributed by atoms with Crippen molar-refractivity contribution in [3.05, 3.63) is 12.7 Å². The molecular weight excluding hydrogens is 158 g/mol. The van der Waals surface area contributed by atoms with Gasteiger partial charge in [0.2, 0.25) is 0 Å². The van der Waals surface area contributed by atoms with Crippen LogP contribution in [0.2, 0.25) is 0 Å². The van der Waals surface area contributed by atoms with Gasteiger partial charge >= 0.3 is 6.09 Å². The second-order valence-corrected chi connectivity index (χ2v) is 2.95. The molecule has 0 aromatic heterocycles. The first-order chi connectivity index (χ1) is 5.72. The van der Waals surface area contributed by atoms with E-state index >= 15 is 0 Å². The van der Waals surface area contributed by atoms with Crippen LogP contribution >= 0.6 is 0 Å². The number of aliphatic hydroxyl groups excluding tert-OH is 1. The van der Waals surface area contributed by atoms with E-state index in [0.29, 0.717) is 0 Å². The molecule has 0 atom stereocenters. The SMILES string of the molecule is C=CCOC(=O)NC1(CO)CC1. The Morgan fingerprint density at radius 3 is 2.83 bits per heavy atom. The summed E-state index contributed by atoms with van der Waals surface area (Å²) in [7, 11) is 0. The van der Waals surface area contributed by atoms with Crippen LogP contribution in [0.4, 0.5) is 4.79 Å². The molecule has 0 aliphatic heterocycles. The van der Waals surface area contributed by atoms with Crippen LogP contribution in [0.15, 0.2) is 12.7 Å². The predicted molar refractivity (Wildman–Crippen MR) is 43.7 cm³/mol. The minimum Gasteiger partial charge on any atom is -0.445 e. The monoisotopic (exact) mass is 171 g/mol. The maximum absolute atomic E-state index is 10.9. The molecule has 1 rings (SSSR count). The summed E-state index contributed by atoms with van der Waals surface area (Å²) >= 11 is 0. The molecule has 1 aliphatic carbocycles. The molecule has 0 radical (unpaired) electrons. The third-order valence-electron chi connectivity index (χ3n) is 1.86. The molecular formula is C8H13NO3. The molecule has 1 amide bonds. The zero-order chi connectivity index (χ0) is 9.03. The maximum atomic E-state index is 10.9. The highest BCUT2D eigenvalue weighted by molar-refractivity contribution is 5.69. The van der Waals surface area contributed by atoms with E-state index in [9.17, 15) is 4.79 Å². The molecule has 68 valence electrons. The third-order valence-corrected chi connectivity index (χ3v) is 1.86. The van der Waals surface area contributed by atoms with Crippen LogP contribution in [0.25, 0.3) is 0 Å². The summed E-state index contributed by atoms with van der Waals surface area (Å²) in [4.78, 5) is 10.9. The molecule has 0 spiro atoms. The van der Waals surface area contributed by atoms with E-state index < -0.39 is 11.6 Å². The average molecular weight is 171 g/mol. The van der Waals surface area contributed by atoms with Crippen molar-refractivity contribution in [3.8, 4) is 0 Å². The van der Waals surface area contributed by atoms with Gasteiger partial charge in [0.15, 0.2) is 0 Å². The molecule has 4 nitrogen and oxygen atoms in total. The van der Waals surface area contributed by atoms with Gasteiger partial charge in [-0.25, -0.2) is 4.79 Å². The number of rotatable bonds is 4. The summed E-state index contributed by atoms with van der Waals surface area (Å²) in [5.74, 6) is 0. The van der Waals surface area contributed by atoms with Gasteiger partial charge in [-0.15, -0.1) is 0 Å². The Hall–Kier alpha value is -1.03. The maximum Gasteiger partial charge on any atom is 0.407 e. The summed E-state index contributed by atoms with van der Waals surface area (Å²) in [5, 5.41) is 11.4. The molecule has 2 N–H and O–H groups in total. The average Bonchev–Trinajstić information content (AvgIpc) is 2.82. The van der Waals surface area contributed by atoms with Crippen LogP contribution in [-0.2, 0) is 4.74 Å². The standard InChI is InChI=1S/C8H13NO3/c1-2-5-12-7(11)9-8(6-10)3-4-8/h2,10H,1,3-6H2,(H,9,11). The fourth-order valence-electron chi connectivity index (χ4n) is 0.861. The van der Waals surface area contributed by atoms with E-state index in [0.717, 1.165) is 12.8 Å². The van der Waals surface area contributed by atoms with Crippen molar-refractivity contribution >= 4 is 6.09 Å². The fourth-order valence-corrected chi connectivity index (χ4v) is 0.861. The number of nitrogens with one attached hydrogen (secondary N) is 1. The van der Waals surface area contributed by atoms with Crippen molar-refractivity contribution < 1.29 is 14.6 Å². The number of aliphatic hydroxyl groups is 1. The molecule has 1 saturated carbocycles. The zero-order valence-corrected chi connectivity index (χ0v) is 6.88. The summed E-state index contributed by atoms with van der Waals surface area (Å²) in [5.41, 5.74) is -0.391. The lowest BCUT2D eigenvalue weighted by atomic mass is 10.3. The van der Waals surface area contributed by atoms with Crippen molar-refractivity contribution in [1.82, 2.24) is 5.32 Å². The highest BCUT2D eigenvalue weighted by atomic mass is 16.5. The molecule has 0 aromatic rings. The van der Waals surface area contributed by atoms with Crippen LogP contribution in [0, 0.1) is 0 Å². The summed E-state index contributed by atoms with van der Waals surface area (Å²) in [6, 6.07) is 0. The van der Waals surface area contributed by atoms with Gasteiger partial charge in [0.1, 0.15) is 6.61 Å². The number of ether oxygens (including phenoxy) is 1. The highest BCUT2D eigenvalue weighted by Gasteiger charge is 2.43. The van der Waals surface area contributed by atoms with Crippen LogP contribution in [-0.4, -0.2) is 30.0 Å². The smallest absolute Gasteiger partial charge is 0.407 e. The summed E-state index contributed by atoms with van der Waals surface area (Å²) in [6.45, 7) is 3.59. The lowest BCUT2D eigenvalue weighted by molar-refractivity contribution is 0.143. The number of alkyl carbamates (subject to hydrolysis) is 1. The highest BCUT2D eigenvalue weighted by Crippen LogP contribution is 2.34. The molecule has 1 fully saturated rings. The number of carbonyl (C=O) groups excluding carboxylic acids is 1. The van der Waals surface area contributed by atoms with Gasteiger partial charge in [0, 0.05) is 0 Å².